The van der Waals surface area contributed by atoms with Gasteiger partial charge in [0.15, 0.2) is 0 Å². The average Bonchev–Trinajstić information content (AvgIpc) is 2.64. The first-order valence-electron chi connectivity index (χ1n) is 9.31. The fraction of sp³-hybridized carbons (Fsp3) is 0.600. The molecule has 0 atom stereocenters. The molecule has 0 heterocycles. The van der Waals surface area contributed by atoms with E-state index in [1.807, 2.05) is 32.0 Å². The van der Waals surface area contributed by atoms with E-state index in [1.54, 1.807) is 0 Å². The standard InChI is InChI=1S/C20H29NO5/c1-3-25-10-11-26-18-12-14(2)4-5-17(18)13-21-19(22)15-6-8-16(9-7-15)20(23)24/h4-5,12,15-16H,3,6-11,13H2,1-2H3,(H,21,22)(H,23,24). The summed E-state index contributed by atoms with van der Waals surface area (Å²) in [7, 11) is 0. The van der Waals surface area contributed by atoms with Crippen LogP contribution in [0.3, 0.4) is 0 Å². The Labute approximate surface area is 154 Å². The summed E-state index contributed by atoms with van der Waals surface area (Å²) in [6, 6.07) is 5.92. The smallest absolute Gasteiger partial charge is 0.306 e. The minimum atomic E-state index is -0.752. The Morgan fingerprint density at radius 1 is 1.15 bits per heavy atom. The summed E-state index contributed by atoms with van der Waals surface area (Å²) >= 11 is 0. The zero-order valence-electron chi connectivity index (χ0n) is 15.6. The lowest BCUT2D eigenvalue weighted by Crippen LogP contribution is -2.34. The number of aliphatic carboxylic acids is 1. The zero-order valence-corrected chi connectivity index (χ0v) is 15.6. The van der Waals surface area contributed by atoms with Crippen LogP contribution in [0.1, 0.15) is 43.7 Å². The Hall–Kier alpha value is -2.08. The number of carboxylic acid groups (broad SMARTS) is 1. The van der Waals surface area contributed by atoms with E-state index in [9.17, 15) is 9.59 Å². The first-order chi connectivity index (χ1) is 12.5. The molecule has 0 saturated heterocycles. The molecule has 2 rings (SSSR count). The van der Waals surface area contributed by atoms with Gasteiger partial charge in [0.1, 0.15) is 12.4 Å². The number of nitrogens with one attached hydrogen (secondary N) is 1. The molecule has 0 aromatic heterocycles. The maximum absolute atomic E-state index is 12.4. The Bertz CT molecular complexity index is 608. The average molecular weight is 363 g/mol. The number of ether oxygens (including phenoxy) is 2. The van der Waals surface area contributed by atoms with Gasteiger partial charge in [-0.2, -0.15) is 0 Å². The lowest BCUT2D eigenvalue weighted by molar-refractivity contribution is -0.144. The van der Waals surface area contributed by atoms with Crippen molar-refractivity contribution in [1.82, 2.24) is 5.32 Å². The molecule has 1 fully saturated rings. The Morgan fingerprint density at radius 2 is 1.85 bits per heavy atom. The van der Waals surface area contributed by atoms with Crippen LogP contribution in [0.25, 0.3) is 0 Å². The van der Waals surface area contributed by atoms with Crippen LogP contribution in [0.5, 0.6) is 5.75 Å². The van der Waals surface area contributed by atoms with Crippen molar-refractivity contribution in [3.05, 3.63) is 29.3 Å². The molecule has 0 bridgehead atoms. The first-order valence-corrected chi connectivity index (χ1v) is 9.31. The lowest BCUT2D eigenvalue weighted by Gasteiger charge is -2.25. The van der Waals surface area contributed by atoms with Crippen LogP contribution in [0, 0.1) is 18.8 Å². The number of amides is 1. The summed E-state index contributed by atoms with van der Waals surface area (Å²) in [4.78, 5) is 23.4. The van der Waals surface area contributed by atoms with Crippen LogP contribution in [-0.4, -0.2) is 36.8 Å². The second-order valence-electron chi connectivity index (χ2n) is 6.76. The molecule has 1 aliphatic carbocycles. The van der Waals surface area contributed by atoms with Crippen LogP contribution in [0.4, 0.5) is 0 Å². The second-order valence-corrected chi connectivity index (χ2v) is 6.76. The Kier molecular flexibility index (Phi) is 7.91. The molecule has 26 heavy (non-hydrogen) atoms. The molecule has 0 unspecified atom stereocenters. The zero-order chi connectivity index (χ0) is 18.9. The highest BCUT2D eigenvalue weighted by Gasteiger charge is 2.29. The van der Waals surface area contributed by atoms with Crippen LogP contribution in [-0.2, 0) is 20.9 Å². The van der Waals surface area contributed by atoms with Gasteiger partial charge in [0.2, 0.25) is 5.91 Å². The van der Waals surface area contributed by atoms with Gasteiger partial charge in [-0.1, -0.05) is 12.1 Å². The van der Waals surface area contributed by atoms with Crippen molar-refractivity contribution >= 4 is 11.9 Å². The molecule has 1 saturated carbocycles. The summed E-state index contributed by atoms with van der Waals surface area (Å²) in [5.41, 5.74) is 2.03. The summed E-state index contributed by atoms with van der Waals surface area (Å²) in [5, 5.41) is 12.0. The second kappa shape index (κ2) is 10.2. The molecule has 0 spiro atoms. The topological polar surface area (TPSA) is 84.9 Å². The number of carbonyl (C=O) groups is 2. The van der Waals surface area contributed by atoms with Crippen molar-refractivity contribution in [1.29, 1.82) is 0 Å². The van der Waals surface area contributed by atoms with Crippen molar-refractivity contribution in [3.63, 3.8) is 0 Å². The minimum Gasteiger partial charge on any atom is -0.491 e. The van der Waals surface area contributed by atoms with Crippen LogP contribution < -0.4 is 10.1 Å². The molecule has 1 aliphatic rings. The minimum absolute atomic E-state index is 0.00493. The van der Waals surface area contributed by atoms with E-state index in [4.69, 9.17) is 14.6 Å². The summed E-state index contributed by atoms with van der Waals surface area (Å²) in [5.74, 6) is -0.397. The fourth-order valence-electron chi connectivity index (χ4n) is 3.23. The fourth-order valence-corrected chi connectivity index (χ4v) is 3.23. The van der Waals surface area contributed by atoms with Crippen LogP contribution >= 0.6 is 0 Å². The monoisotopic (exact) mass is 363 g/mol. The third-order valence-electron chi connectivity index (χ3n) is 4.81. The maximum atomic E-state index is 12.4. The van der Waals surface area contributed by atoms with Crippen molar-refractivity contribution in [2.24, 2.45) is 11.8 Å². The number of rotatable bonds is 9. The maximum Gasteiger partial charge on any atom is 0.306 e. The molecular weight excluding hydrogens is 334 g/mol. The number of carbonyl (C=O) groups excluding carboxylic acids is 1. The van der Waals surface area contributed by atoms with Gasteiger partial charge >= 0.3 is 5.97 Å². The highest BCUT2D eigenvalue weighted by Crippen LogP contribution is 2.29. The number of hydrogen-bond donors (Lipinski definition) is 2. The molecular formula is C20H29NO5. The van der Waals surface area contributed by atoms with Gasteiger partial charge in [-0.05, 0) is 51.2 Å². The van der Waals surface area contributed by atoms with Gasteiger partial charge in [0, 0.05) is 24.6 Å². The first kappa shape index (κ1) is 20.2. The van der Waals surface area contributed by atoms with Gasteiger partial charge in [0.05, 0.1) is 12.5 Å². The SMILES string of the molecule is CCOCCOc1cc(C)ccc1CNC(=O)C1CCC(C(=O)O)CC1. The van der Waals surface area contributed by atoms with Gasteiger partial charge in [-0.25, -0.2) is 0 Å². The van der Waals surface area contributed by atoms with E-state index >= 15 is 0 Å². The van der Waals surface area contributed by atoms with Crippen molar-refractivity contribution in [2.75, 3.05) is 19.8 Å². The number of hydrogen-bond acceptors (Lipinski definition) is 4. The molecule has 6 heteroatoms. The molecule has 144 valence electrons. The van der Waals surface area contributed by atoms with E-state index in [-0.39, 0.29) is 17.7 Å². The third-order valence-corrected chi connectivity index (χ3v) is 4.81. The van der Waals surface area contributed by atoms with Crippen LogP contribution in [0.2, 0.25) is 0 Å². The predicted octanol–water partition coefficient (Wildman–Crippen LogP) is 2.92. The van der Waals surface area contributed by atoms with Gasteiger partial charge in [-0.3, -0.25) is 9.59 Å². The predicted molar refractivity (Wildman–Crippen MR) is 98.1 cm³/mol. The van der Waals surface area contributed by atoms with Crippen molar-refractivity contribution < 1.29 is 24.2 Å². The highest BCUT2D eigenvalue weighted by molar-refractivity contribution is 5.79. The number of aryl methyl sites for hydroxylation is 1. The molecule has 0 aliphatic heterocycles. The van der Waals surface area contributed by atoms with Gasteiger partial charge in [0.25, 0.3) is 0 Å². The van der Waals surface area contributed by atoms with E-state index in [0.717, 1.165) is 16.9 Å². The van der Waals surface area contributed by atoms with E-state index in [1.165, 1.54) is 0 Å². The highest BCUT2D eigenvalue weighted by atomic mass is 16.5. The lowest BCUT2D eigenvalue weighted by atomic mass is 9.81. The van der Waals surface area contributed by atoms with Crippen molar-refractivity contribution in [3.8, 4) is 5.75 Å². The number of benzene rings is 1. The largest absolute Gasteiger partial charge is 0.491 e. The van der Waals surface area contributed by atoms with E-state index in [0.29, 0.717) is 52.0 Å². The molecule has 6 nitrogen and oxygen atoms in total. The van der Waals surface area contributed by atoms with Crippen molar-refractivity contribution in [2.45, 2.75) is 46.1 Å². The quantitative estimate of drug-likeness (QED) is 0.659. The molecule has 0 radical (unpaired) electrons. The molecule has 1 aromatic rings. The summed E-state index contributed by atoms with van der Waals surface area (Å²) < 4.78 is 11.1. The normalized spacial score (nSPS) is 19.8. The summed E-state index contributed by atoms with van der Waals surface area (Å²) in [6.07, 6.45) is 2.41. The van der Waals surface area contributed by atoms with Gasteiger partial charge < -0.3 is 19.9 Å². The summed E-state index contributed by atoms with van der Waals surface area (Å²) in [6.45, 7) is 6.00. The molecule has 1 amide bonds. The van der Waals surface area contributed by atoms with E-state index < -0.39 is 5.97 Å². The van der Waals surface area contributed by atoms with Crippen LogP contribution in [0.15, 0.2) is 18.2 Å². The third kappa shape index (κ3) is 6.02. The van der Waals surface area contributed by atoms with Gasteiger partial charge in [-0.15, -0.1) is 0 Å². The molecule has 2 N–H and O–H groups in total. The Morgan fingerprint density at radius 3 is 2.50 bits per heavy atom. The molecule has 1 aromatic carbocycles. The number of carboxylic acids is 1. The Balaban J connectivity index is 1.86. The van der Waals surface area contributed by atoms with E-state index in [2.05, 4.69) is 5.32 Å².